The fourth-order valence-corrected chi connectivity index (χ4v) is 5.06. The molecule has 0 radical (unpaired) electrons. The van der Waals surface area contributed by atoms with Gasteiger partial charge in [-0.15, -0.1) is 0 Å². The lowest BCUT2D eigenvalue weighted by atomic mass is 9.79. The van der Waals surface area contributed by atoms with Crippen LogP contribution in [0.1, 0.15) is 37.0 Å². The largest absolute Gasteiger partial charge is 0.488 e. The van der Waals surface area contributed by atoms with Crippen molar-refractivity contribution >= 4 is 35.8 Å². The summed E-state index contributed by atoms with van der Waals surface area (Å²) in [5, 5.41) is 31.9. The number of imide groups is 1. The van der Waals surface area contributed by atoms with Crippen molar-refractivity contribution in [2.45, 2.75) is 38.0 Å². The molecule has 0 aliphatic carbocycles. The number of aliphatic hydroxyl groups is 1. The first-order chi connectivity index (χ1) is 18.3. The van der Waals surface area contributed by atoms with Gasteiger partial charge in [-0.2, -0.15) is 0 Å². The third-order valence-electron chi connectivity index (χ3n) is 7.21. The number of hydrogen-bond donors (Lipinski definition) is 4. The van der Waals surface area contributed by atoms with Crippen molar-refractivity contribution < 1.29 is 24.7 Å². The second-order valence-corrected chi connectivity index (χ2v) is 9.97. The minimum atomic E-state index is -1.62. The molecule has 5 rings (SSSR count). The van der Waals surface area contributed by atoms with E-state index in [2.05, 4.69) is 19.3 Å². The fourth-order valence-electron chi connectivity index (χ4n) is 5.06. The summed E-state index contributed by atoms with van der Waals surface area (Å²) in [6, 6.07) is 21.4. The minimum absolute atomic E-state index is 0.301. The van der Waals surface area contributed by atoms with Crippen molar-refractivity contribution in [2.75, 3.05) is 10.3 Å². The van der Waals surface area contributed by atoms with Gasteiger partial charge in [0.2, 0.25) is 5.91 Å². The van der Waals surface area contributed by atoms with Crippen molar-refractivity contribution in [3.8, 4) is 0 Å². The molecule has 0 spiro atoms. The monoisotopic (exact) mass is 511 g/mol. The number of hydrazine groups is 1. The second kappa shape index (κ2) is 10.5. The van der Waals surface area contributed by atoms with Crippen LogP contribution in [-0.2, 0) is 9.59 Å². The molecule has 1 saturated heterocycles. The van der Waals surface area contributed by atoms with Crippen LogP contribution in [0, 0.1) is 5.92 Å². The molecule has 4 N–H and O–H groups in total. The third kappa shape index (κ3) is 4.77. The van der Waals surface area contributed by atoms with E-state index >= 15 is 0 Å². The normalized spacial score (nSPS) is 22.1. The Bertz CT molecular complexity index is 1330. The van der Waals surface area contributed by atoms with E-state index in [0.29, 0.717) is 22.6 Å². The van der Waals surface area contributed by atoms with E-state index in [9.17, 15) is 24.7 Å². The zero-order valence-electron chi connectivity index (χ0n) is 21.2. The Balaban J connectivity index is 1.51. The van der Waals surface area contributed by atoms with E-state index in [1.807, 2.05) is 30.3 Å². The minimum Gasteiger partial charge on any atom is -0.423 e. The van der Waals surface area contributed by atoms with Gasteiger partial charge in [-0.1, -0.05) is 80.6 Å². The Hall–Kier alpha value is -3.76. The molecule has 2 heterocycles. The Morgan fingerprint density at radius 1 is 0.816 bits per heavy atom. The Kier molecular flexibility index (Phi) is 7.18. The predicted molar refractivity (Wildman–Crippen MR) is 146 cm³/mol. The van der Waals surface area contributed by atoms with Gasteiger partial charge in [0.1, 0.15) is 6.04 Å². The third-order valence-corrected chi connectivity index (χ3v) is 7.21. The van der Waals surface area contributed by atoms with Crippen LogP contribution in [0.5, 0.6) is 0 Å². The van der Waals surface area contributed by atoms with Crippen LogP contribution in [0.15, 0.2) is 91.0 Å². The molecule has 2 amide bonds. The van der Waals surface area contributed by atoms with Gasteiger partial charge in [-0.05, 0) is 46.8 Å². The highest BCUT2D eigenvalue weighted by Gasteiger charge is 2.54. The number of hydrogen-bond acceptors (Lipinski definition) is 7. The highest BCUT2D eigenvalue weighted by atomic mass is 16.4. The molecule has 4 unspecified atom stereocenters. The summed E-state index contributed by atoms with van der Waals surface area (Å²) in [7, 11) is -1.62. The van der Waals surface area contributed by atoms with E-state index < -0.39 is 31.2 Å². The summed E-state index contributed by atoms with van der Waals surface area (Å²) in [6.45, 7) is 4.22. The number of carbonyl (C=O) groups is 2. The number of para-hydroxylation sites is 1. The van der Waals surface area contributed by atoms with Crippen molar-refractivity contribution in [2.24, 2.45) is 5.92 Å². The first-order valence-corrected chi connectivity index (χ1v) is 12.7. The number of benzene rings is 3. The molecule has 1 fully saturated rings. The quantitative estimate of drug-likeness (QED) is 0.219. The van der Waals surface area contributed by atoms with Gasteiger partial charge in [0.25, 0.3) is 5.91 Å². The van der Waals surface area contributed by atoms with E-state index in [4.69, 9.17) is 0 Å². The Morgan fingerprint density at radius 2 is 1.45 bits per heavy atom. The topological polar surface area (TPSA) is 113 Å². The smallest absolute Gasteiger partial charge is 0.423 e. The summed E-state index contributed by atoms with van der Waals surface area (Å²) >= 11 is 0. The molecule has 3 aromatic carbocycles. The molecular formula is C29H30BN3O5. The molecule has 8 nitrogen and oxygen atoms in total. The van der Waals surface area contributed by atoms with Crippen LogP contribution in [0.2, 0.25) is 0 Å². The van der Waals surface area contributed by atoms with Gasteiger partial charge < -0.3 is 20.6 Å². The van der Waals surface area contributed by atoms with Crippen molar-refractivity contribution in [1.29, 1.82) is 0 Å². The number of rotatable bonds is 7. The number of aliphatic hydroxyl groups excluding tert-OH is 1. The average molecular weight is 511 g/mol. The highest BCUT2D eigenvalue weighted by molar-refractivity contribution is 6.58. The lowest BCUT2D eigenvalue weighted by molar-refractivity contribution is -0.123. The zero-order chi connectivity index (χ0) is 27.0. The number of amides is 2. The number of anilines is 2. The maximum absolute atomic E-state index is 13.8. The SMILES string of the molecule is CC(C)c1ccc(NN2C(C(O)c3ccc(B(O)O)cc3)C=CC3C(=O)N(c4ccccc4)C(=O)C32)cc1. The molecule has 2 aliphatic rings. The summed E-state index contributed by atoms with van der Waals surface area (Å²) in [5.74, 6) is -1.06. The van der Waals surface area contributed by atoms with Crippen LogP contribution in [0.25, 0.3) is 0 Å². The number of fused-ring (bicyclic) bond motifs is 1. The predicted octanol–water partition coefficient (Wildman–Crippen LogP) is 2.35. The van der Waals surface area contributed by atoms with Gasteiger partial charge in [-0.3, -0.25) is 9.59 Å². The van der Waals surface area contributed by atoms with Crippen molar-refractivity contribution in [3.63, 3.8) is 0 Å². The zero-order valence-corrected chi connectivity index (χ0v) is 21.2. The van der Waals surface area contributed by atoms with Crippen LogP contribution in [0.3, 0.4) is 0 Å². The Morgan fingerprint density at radius 3 is 2.05 bits per heavy atom. The molecular weight excluding hydrogens is 481 g/mol. The van der Waals surface area contributed by atoms with E-state index in [1.165, 1.54) is 17.0 Å². The highest BCUT2D eigenvalue weighted by Crippen LogP contribution is 2.38. The number of nitrogens with zero attached hydrogens (tertiary/aromatic N) is 2. The second-order valence-electron chi connectivity index (χ2n) is 9.97. The number of carbonyl (C=O) groups excluding carboxylic acids is 2. The van der Waals surface area contributed by atoms with Gasteiger partial charge in [-0.25, -0.2) is 9.91 Å². The standard InChI is InChI=1S/C29H30BN3O5/c1-18(2)19-10-14-22(15-11-19)31-33-25(27(34)20-8-12-21(13-9-20)30(37)38)17-16-24-26(33)29(36)32(28(24)35)23-6-4-3-5-7-23/h3-18,24-27,31,34,37-38H,1-2H3. The average Bonchev–Trinajstić information content (AvgIpc) is 3.19. The van der Waals surface area contributed by atoms with E-state index in [-0.39, 0.29) is 11.8 Å². The Labute approximate surface area is 221 Å². The fraction of sp³-hybridized carbons (Fsp3) is 0.241. The lowest BCUT2D eigenvalue weighted by Gasteiger charge is -2.40. The molecule has 0 aromatic heterocycles. The first kappa shape index (κ1) is 25.9. The van der Waals surface area contributed by atoms with Crippen molar-refractivity contribution in [3.05, 3.63) is 102 Å². The number of nitrogens with one attached hydrogen (secondary N) is 1. The van der Waals surface area contributed by atoms with Gasteiger partial charge >= 0.3 is 7.12 Å². The van der Waals surface area contributed by atoms with Gasteiger partial charge in [0, 0.05) is 5.69 Å². The molecule has 0 bridgehead atoms. The van der Waals surface area contributed by atoms with Crippen LogP contribution in [0.4, 0.5) is 11.4 Å². The maximum atomic E-state index is 13.8. The lowest BCUT2D eigenvalue weighted by Crippen LogP contribution is -2.55. The molecule has 3 aromatic rings. The van der Waals surface area contributed by atoms with Crippen LogP contribution < -0.4 is 15.8 Å². The first-order valence-electron chi connectivity index (χ1n) is 12.7. The molecule has 2 aliphatic heterocycles. The summed E-state index contributed by atoms with van der Waals surface area (Å²) in [5.41, 5.74) is 6.53. The summed E-state index contributed by atoms with van der Waals surface area (Å²) in [4.78, 5) is 28.4. The molecule has 38 heavy (non-hydrogen) atoms. The van der Waals surface area contributed by atoms with Crippen LogP contribution in [-0.4, -0.2) is 51.2 Å². The molecule has 4 atom stereocenters. The van der Waals surface area contributed by atoms with Gasteiger partial charge in [0.15, 0.2) is 0 Å². The van der Waals surface area contributed by atoms with Crippen molar-refractivity contribution in [1.82, 2.24) is 5.01 Å². The molecule has 0 saturated carbocycles. The summed E-state index contributed by atoms with van der Waals surface area (Å²) in [6.07, 6.45) is 2.37. The summed E-state index contributed by atoms with van der Waals surface area (Å²) < 4.78 is 0. The van der Waals surface area contributed by atoms with E-state index in [0.717, 1.165) is 11.3 Å². The van der Waals surface area contributed by atoms with Crippen LogP contribution >= 0.6 is 0 Å². The van der Waals surface area contributed by atoms with E-state index in [1.54, 1.807) is 53.6 Å². The molecule has 9 heteroatoms. The maximum Gasteiger partial charge on any atom is 0.488 e. The molecule has 194 valence electrons. The van der Waals surface area contributed by atoms with Gasteiger partial charge in [0.05, 0.1) is 23.8 Å².